The zero-order valence-corrected chi connectivity index (χ0v) is 19.6. The van der Waals surface area contributed by atoms with E-state index < -0.39 is 27.8 Å². The quantitative estimate of drug-likeness (QED) is 0.619. The number of rotatable bonds is 9. The molecule has 8 heteroatoms. The van der Waals surface area contributed by atoms with E-state index in [1.165, 1.54) is 37.5 Å². The molecule has 0 aliphatic carbocycles. The Bertz CT molecular complexity index is 1020. The lowest BCUT2D eigenvalue weighted by atomic mass is 10.0. The van der Waals surface area contributed by atoms with Crippen molar-refractivity contribution in [1.82, 2.24) is 10.2 Å². The summed E-state index contributed by atoms with van der Waals surface area (Å²) in [5.74, 6) is -1.13. The van der Waals surface area contributed by atoms with E-state index in [0.717, 1.165) is 41.3 Å². The Morgan fingerprint density at radius 2 is 1.69 bits per heavy atom. The van der Waals surface area contributed by atoms with Gasteiger partial charge in [0, 0.05) is 13.1 Å². The van der Waals surface area contributed by atoms with Crippen molar-refractivity contribution in [1.29, 1.82) is 0 Å². The molecule has 32 heavy (non-hydrogen) atoms. The summed E-state index contributed by atoms with van der Waals surface area (Å²) in [7, 11) is -3.88. The molecule has 0 spiro atoms. The second-order valence-electron chi connectivity index (χ2n) is 8.26. The number of anilines is 1. The van der Waals surface area contributed by atoms with Crippen LogP contribution in [0.25, 0.3) is 0 Å². The van der Waals surface area contributed by atoms with Crippen LogP contribution in [-0.2, 0) is 27.9 Å². The highest BCUT2D eigenvalue weighted by Gasteiger charge is 2.33. The molecule has 1 aliphatic rings. The molecule has 0 saturated carbocycles. The standard InChI is InChI=1S/C24H32FN3O3S/c1-3-22(28(32(2,30)31)23-14-8-7-13-21(23)25)24(29)26-17-19-11-5-6-12-20(19)18-27-15-9-4-10-16-27/h5-8,11-14,22H,3-4,9-10,15-18H2,1-2H3,(H,26,29). The van der Waals surface area contributed by atoms with Crippen molar-refractivity contribution < 1.29 is 17.6 Å². The van der Waals surface area contributed by atoms with Crippen LogP contribution in [-0.4, -0.2) is 44.6 Å². The van der Waals surface area contributed by atoms with Crippen molar-refractivity contribution in [2.45, 2.75) is 51.7 Å². The average molecular weight is 462 g/mol. The summed E-state index contributed by atoms with van der Waals surface area (Å²) in [5.41, 5.74) is 2.03. The highest BCUT2D eigenvalue weighted by Crippen LogP contribution is 2.25. The van der Waals surface area contributed by atoms with Crippen LogP contribution >= 0.6 is 0 Å². The van der Waals surface area contributed by atoms with E-state index in [4.69, 9.17) is 0 Å². The van der Waals surface area contributed by atoms with Crippen LogP contribution in [0.3, 0.4) is 0 Å². The number of benzene rings is 2. The number of carbonyl (C=O) groups is 1. The Hall–Kier alpha value is -2.45. The van der Waals surface area contributed by atoms with E-state index in [9.17, 15) is 17.6 Å². The van der Waals surface area contributed by atoms with E-state index in [2.05, 4.69) is 16.3 Å². The smallest absolute Gasteiger partial charge is 0.244 e. The topological polar surface area (TPSA) is 69.7 Å². The molecule has 1 saturated heterocycles. The fourth-order valence-corrected chi connectivity index (χ4v) is 5.42. The SMILES string of the molecule is CCC(C(=O)NCc1ccccc1CN1CCCCC1)N(c1ccccc1F)S(C)(=O)=O. The molecule has 1 amide bonds. The van der Waals surface area contributed by atoms with Gasteiger partial charge in [0.15, 0.2) is 0 Å². The Kier molecular flexibility index (Phi) is 8.26. The molecule has 1 atom stereocenters. The minimum absolute atomic E-state index is 0.123. The summed E-state index contributed by atoms with van der Waals surface area (Å²) in [6.45, 7) is 4.98. The summed E-state index contributed by atoms with van der Waals surface area (Å²) in [6.07, 6.45) is 4.88. The minimum Gasteiger partial charge on any atom is -0.350 e. The highest BCUT2D eigenvalue weighted by atomic mass is 32.2. The van der Waals surface area contributed by atoms with Crippen molar-refractivity contribution in [2.75, 3.05) is 23.7 Å². The lowest BCUT2D eigenvalue weighted by molar-refractivity contribution is -0.122. The van der Waals surface area contributed by atoms with Crippen molar-refractivity contribution in [3.8, 4) is 0 Å². The summed E-state index contributed by atoms with van der Waals surface area (Å²) in [6, 6.07) is 12.5. The van der Waals surface area contributed by atoms with Gasteiger partial charge in [0.1, 0.15) is 11.9 Å². The van der Waals surface area contributed by atoms with Crippen LogP contribution in [0.4, 0.5) is 10.1 Å². The maximum atomic E-state index is 14.4. The maximum absolute atomic E-state index is 14.4. The first-order chi connectivity index (χ1) is 15.3. The van der Waals surface area contributed by atoms with E-state index in [1.54, 1.807) is 13.0 Å². The number of nitrogens with zero attached hydrogens (tertiary/aromatic N) is 2. The first-order valence-electron chi connectivity index (χ1n) is 11.1. The molecule has 1 heterocycles. The van der Waals surface area contributed by atoms with Crippen molar-refractivity contribution >= 4 is 21.6 Å². The number of likely N-dealkylation sites (tertiary alicyclic amines) is 1. The van der Waals surface area contributed by atoms with Crippen LogP contribution in [0.15, 0.2) is 48.5 Å². The Morgan fingerprint density at radius 3 is 2.31 bits per heavy atom. The van der Waals surface area contributed by atoms with Gasteiger partial charge in [0.05, 0.1) is 11.9 Å². The monoisotopic (exact) mass is 461 g/mol. The predicted octanol–water partition coefficient (Wildman–Crippen LogP) is 3.67. The number of hydrogen-bond donors (Lipinski definition) is 1. The van der Waals surface area contributed by atoms with E-state index in [1.807, 2.05) is 18.2 Å². The fourth-order valence-electron chi connectivity index (χ4n) is 4.21. The number of carbonyl (C=O) groups excluding carboxylic acids is 1. The third-order valence-electron chi connectivity index (χ3n) is 5.83. The van der Waals surface area contributed by atoms with Gasteiger partial charge in [-0.25, -0.2) is 12.8 Å². The number of halogens is 1. The van der Waals surface area contributed by atoms with Crippen molar-refractivity contribution in [3.63, 3.8) is 0 Å². The molecule has 1 aliphatic heterocycles. The van der Waals surface area contributed by atoms with Gasteiger partial charge in [-0.15, -0.1) is 0 Å². The first kappa shape index (κ1) is 24.2. The fraction of sp³-hybridized carbons (Fsp3) is 0.458. The van der Waals surface area contributed by atoms with Crippen LogP contribution in [0.1, 0.15) is 43.7 Å². The Balaban J connectivity index is 1.76. The molecule has 0 radical (unpaired) electrons. The number of piperidine rings is 1. The largest absolute Gasteiger partial charge is 0.350 e. The Labute approximate surface area is 190 Å². The average Bonchev–Trinajstić information content (AvgIpc) is 2.77. The molecule has 174 valence electrons. The second-order valence-corrected chi connectivity index (χ2v) is 10.1. The van der Waals surface area contributed by atoms with Crippen molar-refractivity contribution in [3.05, 3.63) is 65.5 Å². The van der Waals surface area contributed by atoms with E-state index in [-0.39, 0.29) is 18.7 Å². The molecular formula is C24H32FN3O3S. The molecule has 0 aromatic heterocycles. The molecule has 2 aromatic rings. The van der Waals surface area contributed by atoms with Gasteiger partial charge in [-0.05, 0) is 55.6 Å². The number of para-hydroxylation sites is 1. The molecule has 2 aromatic carbocycles. The van der Waals surface area contributed by atoms with Gasteiger partial charge in [0.25, 0.3) is 0 Å². The number of hydrogen-bond acceptors (Lipinski definition) is 4. The lowest BCUT2D eigenvalue weighted by Crippen LogP contribution is -2.49. The molecule has 1 N–H and O–H groups in total. The second kappa shape index (κ2) is 10.9. The number of nitrogens with one attached hydrogen (secondary N) is 1. The maximum Gasteiger partial charge on any atom is 0.244 e. The third-order valence-corrected chi connectivity index (χ3v) is 7.00. The van der Waals surface area contributed by atoms with E-state index >= 15 is 0 Å². The van der Waals surface area contributed by atoms with Crippen LogP contribution in [0.5, 0.6) is 0 Å². The normalized spacial score (nSPS) is 15.8. The van der Waals surface area contributed by atoms with Gasteiger partial charge in [0.2, 0.25) is 15.9 Å². The molecule has 1 unspecified atom stereocenters. The third kappa shape index (κ3) is 6.07. The lowest BCUT2D eigenvalue weighted by Gasteiger charge is -2.30. The minimum atomic E-state index is -3.88. The van der Waals surface area contributed by atoms with Crippen LogP contribution < -0.4 is 9.62 Å². The highest BCUT2D eigenvalue weighted by molar-refractivity contribution is 7.92. The molecule has 0 bridgehead atoms. The summed E-state index contributed by atoms with van der Waals surface area (Å²) in [5, 5.41) is 2.88. The molecule has 1 fully saturated rings. The number of amides is 1. The summed E-state index contributed by atoms with van der Waals surface area (Å²) >= 11 is 0. The molecular weight excluding hydrogens is 429 g/mol. The number of sulfonamides is 1. The van der Waals surface area contributed by atoms with E-state index in [0.29, 0.717) is 0 Å². The van der Waals surface area contributed by atoms with Crippen molar-refractivity contribution in [2.24, 2.45) is 0 Å². The molecule has 6 nitrogen and oxygen atoms in total. The van der Waals surface area contributed by atoms with Crippen LogP contribution in [0.2, 0.25) is 0 Å². The van der Waals surface area contributed by atoms with Gasteiger partial charge in [-0.3, -0.25) is 14.0 Å². The Morgan fingerprint density at radius 1 is 1.06 bits per heavy atom. The van der Waals surface area contributed by atoms with Gasteiger partial charge < -0.3 is 5.32 Å². The predicted molar refractivity (Wildman–Crippen MR) is 125 cm³/mol. The van der Waals surface area contributed by atoms with Gasteiger partial charge >= 0.3 is 0 Å². The summed E-state index contributed by atoms with van der Waals surface area (Å²) in [4.78, 5) is 15.5. The van der Waals surface area contributed by atoms with Gasteiger partial charge in [-0.1, -0.05) is 49.7 Å². The summed E-state index contributed by atoms with van der Waals surface area (Å²) < 4.78 is 40.3. The van der Waals surface area contributed by atoms with Gasteiger partial charge in [-0.2, -0.15) is 0 Å². The molecule has 3 rings (SSSR count). The first-order valence-corrected chi connectivity index (χ1v) is 13.0. The van der Waals surface area contributed by atoms with Crippen LogP contribution in [0, 0.1) is 5.82 Å². The zero-order valence-electron chi connectivity index (χ0n) is 18.8. The zero-order chi connectivity index (χ0) is 23.1.